The van der Waals surface area contributed by atoms with E-state index in [9.17, 15) is 10.2 Å². The van der Waals surface area contributed by atoms with E-state index < -0.39 is 12.3 Å². The van der Waals surface area contributed by atoms with Crippen LogP contribution in [0.1, 0.15) is 34.1 Å². The molecule has 0 aromatic rings. The van der Waals surface area contributed by atoms with Crippen LogP contribution in [0.2, 0.25) is 0 Å². The molecule has 0 saturated heterocycles. The Labute approximate surface area is 99.7 Å². The zero-order valence-electron chi connectivity index (χ0n) is 11.4. The Bertz CT molecular complexity index is 186. The second-order valence-corrected chi connectivity index (χ2v) is 5.25. The predicted octanol–water partition coefficient (Wildman–Crippen LogP) is 0.640. The van der Waals surface area contributed by atoms with Gasteiger partial charge in [-0.3, -0.25) is 5.32 Å². The fourth-order valence-corrected chi connectivity index (χ4v) is 1.56. The van der Waals surface area contributed by atoms with Gasteiger partial charge in [0.2, 0.25) is 0 Å². The SMILES string of the molecule is CC(C)NC(O)C(C)CC(O)C(C)N(C)C. The number of rotatable bonds is 7. The Morgan fingerprint density at radius 3 is 1.94 bits per heavy atom. The van der Waals surface area contributed by atoms with E-state index in [1.165, 1.54) is 0 Å². The Balaban J connectivity index is 4.07. The summed E-state index contributed by atoms with van der Waals surface area (Å²) in [6, 6.07) is 0.356. The smallest absolute Gasteiger partial charge is 0.107 e. The highest BCUT2D eigenvalue weighted by Crippen LogP contribution is 2.14. The van der Waals surface area contributed by atoms with Gasteiger partial charge in [-0.25, -0.2) is 0 Å². The van der Waals surface area contributed by atoms with Gasteiger partial charge in [-0.1, -0.05) is 6.92 Å². The van der Waals surface area contributed by atoms with Crippen molar-refractivity contribution in [1.29, 1.82) is 0 Å². The number of hydrogen-bond acceptors (Lipinski definition) is 4. The molecule has 4 unspecified atom stereocenters. The quantitative estimate of drug-likeness (QED) is 0.564. The number of aliphatic hydroxyl groups excluding tert-OH is 2. The molecule has 0 bridgehead atoms. The van der Waals surface area contributed by atoms with Crippen molar-refractivity contribution < 1.29 is 10.2 Å². The van der Waals surface area contributed by atoms with Crippen LogP contribution in [0.4, 0.5) is 0 Å². The lowest BCUT2D eigenvalue weighted by Crippen LogP contribution is -2.43. The standard InChI is InChI=1S/C12H28N2O2/c1-8(2)13-12(16)9(3)7-11(15)10(4)14(5)6/h8-13,15-16H,7H2,1-6H3. The molecule has 0 aliphatic rings. The van der Waals surface area contributed by atoms with Crippen LogP contribution in [-0.2, 0) is 0 Å². The van der Waals surface area contributed by atoms with E-state index in [1.54, 1.807) is 0 Å². The highest BCUT2D eigenvalue weighted by Gasteiger charge is 2.23. The molecule has 0 fully saturated rings. The first-order valence-corrected chi connectivity index (χ1v) is 6.04. The summed E-state index contributed by atoms with van der Waals surface area (Å²) in [6.07, 6.45) is -0.363. The van der Waals surface area contributed by atoms with Crippen molar-refractivity contribution in [3.8, 4) is 0 Å². The summed E-state index contributed by atoms with van der Waals surface area (Å²) in [5, 5.41) is 22.8. The number of aliphatic hydroxyl groups is 2. The molecule has 4 atom stereocenters. The van der Waals surface area contributed by atoms with E-state index in [0.29, 0.717) is 6.42 Å². The molecule has 0 aliphatic carbocycles. The third-order valence-electron chi connectivity index (χ3n) is 3.03. The second kappa shape index (κ2) is 7.22. The van der Waals surface area contributed by atoms with Crippen molar-refractivity contribution in [2.75, 3.05) is 14.1 Å². The molecule has 0 radical (unpaired) electrons. The van der Waals surface area contributed by atoms with Gasteiger partial charge in [0, 0.05) is 12.1 Å². The molecule has 0 aromatic heterocycles. The van der Waals surface area contributed by atoms with Crippen LogP contribution >= 0.6 is 0 Å². The predicted molar refractivity (Wildman–Crippen MR) is 67.2 cm³/mol. The minimum atomic E-state index is -0.552. The molecule has 16 heavy (non-hydrogen) atoms. The maximum Gasteiger partial charge on any atom is 0.107 e. The molecule has 0 aliphatic heterocycles. The molecule has 98 valence electrons. The zero-order chi connectivity index (χ0) is 12.9. The van der Waals surface area contributed by atoms with Gasteiger partial charge in [-0.2, -0.15) is 0 Å². The Morgan fingerprint density at radius 1 is 1.06 bits per heavy atom. The van der Waals surface area contributed by atoms with Gasteiger partial charge in [0.1, 0.15) is 6.23 Å². The summed E-state index contributed by atoms with van der Waals surface area (Å²) in [6.45, 7) is 7.93. The van der Waals surface area contributed by atoms with Crippen LogP contribution in [0, 0.1) is 5.92 Å². The van der Waals surface area contributed by atoms with Gasteiger partial charge >= 0.3 is 0 Å². The van der Waals surface area contributed by atoms with Crippen molar-refractivity contribution in [3.63, 3.8) is 0 Å². The molecular formula is C12H28N2O2. The van der Waals surface area contributed by atoms with Crippen LogP contribution in [-0.4, -0.2) is 53.6 Å². The molecule has 0 rings (SSSR count). The van der Waals surface area contributed by atoms with Crippen molar-refractivity contribution in [2.24, 2.45) is 5.92 Å². The highest BCUT2D eigenvalue weighted by atomic mass is 16.3. The number of nitrogens with one attached hydrogen (secondary N) is 1. The summed E-state index contributed by atoms with van der Waals surface area (Å²) in [7, 11) is 3.89. The van der Waals surface area contributed by atoms with Gasteiger partial charge < -0.3 is 15.1 Å². The summed E-state index contributed by atoms with van der Waals surface area (Å²) < 4.78 is 0. The van der Waals surface area contributed by atoms with Crippen LogP contribution in [0.25, 0.3) is 0 Å². The fourth-order valence-electron chi connectivity index (χ4n) is 1.56. The number of likely N-dealkylation sites (N-methyl/N-ethyl adjacent to an activating group) is 1. The largest absolute Gasteiger partial charge is 0.391 e. The summed E-state index contributed by atoms with van der Waals surface area (Å²) >= 11 is 0. The fraction of sp³-hybridized carbons (Fsp3) is 1.00. The van der Waals surface area contributed by atoms with Crippen molar-refractivity contribution in [1.82, 2.24) is 10.2 Å². The maximum absolute atomic E-state index is 9.96. The Kier molecular flexibility index (Phi) is 7.15. The molecule has 3 N–H and O–H groups in total. The lowest BCUT2D eigenvalue weighted by atomic mass is 9.97. The monoisotopic (exact) mass is 232 g/mol. The van der Waals surface area contributed by atoms with Gasteiger partial charge in [0.15, 0.2) is 0 Å². The van der Waals surface area contributed by atoms with Crippen LogP contribution in [0.3, 0.4) is 0 Å². The average molecular weight is 232 g/mol. The van der Waals surface area contributed by atoms with Crippen molar-refractivity contribution in [3.05, 3.63) is 0 Å². The molecule has 0 saturated carbocycles. The lowest BCUT2D eigenvalue weighted by Gasteiger charge is -2.29. The third kappa shape index (κ3) is 5.80. The molecule has 0 amide bonds. The first-order valence-electron chi connectivity index (χ1n) is 6.04. The minimum absolute atomic E-state index is 0.0415. The second-order valence-electron chi connectivity index (χ2n) is 5.25. The van der Waals surface area contributed by atoms with Crippen molar-refractivity contribution in [2.45, 2.75) is 58.5 Å². The summed E-state index contributed by atoms with van der Waals surface area (Å²) in [5.41, 5.74) is 0. The molecule has 4 nitrogen and oxygen atoms in total. The molecule has 0 heterocycles. The van der Waals surface area contributed by atoms with Crippen LogP contribution in [0.5, 0.6) is 0 Å². The van der Waals surface area contributed by atoms with E-state index in [2.05, 4.69) is 5.32 Å². The van der Waals surface area contributed by atoms with E-state index in [0.717, 1.165) is 0 Å². The van der Waals surface area contributed by atoms with E-state index >= 15 is 0 Å². The lowest BCUT2D eigenvalue weighted by molar-refractivity contribution is 0.0175. The number of nitrogens with zero attached hydrogens (tertiary/aromatic N) is 1. The van der Waals surface area contributed by atoms with Gasteiger partial charge in [0.05, 0.1) is 6.10 Å². The number of hydrogen-bond donors (Lipinski definition) is 3. The van der Waals surface area contributed by atoms with E-state index in [4.69, 9.17) is 0 Å². The highest BCUT2D eigenvalue weighted by molar-refractivity contribution is 4.75. The zero-order valence-corrected chi connectivity index (χ0v) is 11.4. The van der Waals surface area contributed by atoms with Gasteiger partial charge in [-0.05, 0) is 47.2 Å². The summed E-state index contributed by atoms with van der Waals surface area (Å²) in [4.78, 5) is 1.99. The normalized spacial score (nSPS) is 19.9. The molecular weight excluding hydrogens is 204 g/mol. The Hall–Kier alpha value is -0.160. The molecule has 0 aromatic carbocycles. The van der Waals surface area contributed by atoms with Gasteiger partial charge in [-0.15, -0.1) is 0 Å². The molecule has 4 heteroatoms. The van der Waals surface area contributed by atoms with Crippen LogP contribution < -0.4 is 5.32 Å². The first-order chi connectivity index (χ1) is 7.25. The topological polar surface area (TPSA) is 55.7 Å². The van der Waals surface area contributed by atoms with Gasteiger partial charge in [0.25, 0.3) is 0 Å². The third-order valence-corrected chi connectivity index (χ3v) is 3.03. The van der Waals surface area contributed by atoms with E-state index in [-0.39, 0.29) is 18.0 Å². The average Bonchev–Trinajstić information content (AvgIpc) is 2.14. The first kappa shape index (κ1) is 15.8. The maximum atomic E-state index is 9.96. The van der Waals surface area contributed by atoms with E-state index in [1.807, 2.05) is 46.7 Å². The van der Waals surface area contributed by atoms with Crippen molar-refractivity contribution >= 4 is 0 Å². The summed E-state index contributed by atoms with van der Waals surface area (Å²) in [5.74, 6) is 0.0415. The Morgan fingerprint density at radius 2 is 1.56 bits per heavy atom. The van der Waals surface area contributed by atoms with Crippen LogP contribution in [0.15, 0.2) is 0 Å². The minimum Gasteiger partial charge on any atom is -0.391 e. The molecule has 0 spiro atoms.